The molecule has 35 heavy (non-hydrogen) atoms. The van der Waals surface area contributed by atoms with Gasteiger partial charge in [0.1, 0.15) is 0 Å². The molecule has 0 bridgehead atoms. The molecule has 0 N–H and O–H groups in total. The molecule has 2 aromatic carbocycles. The van der Waals surface area contributed by atoms with Gasteiger partial charge in [-0.25, -0.2) is 4.68 Å². The Kier molecular flexibility index (Phi) is 7.04. The third kappa shape index (κ3) is 5.20. The normalized spacial score (nSPS) is 19.1. The minimum Gasteiger partial charge on any atom is -0.379 e. The second kappa shape index (κ2) is 10.4. The van der Waals surface area contributed by atoms with E-state index in [4.69, 9.17) is 21.4 Å². The Morgan fingerprint density at radius 1 is 1.03 bits per heavy atom. The van der Waals surface area contributed by atoms with Gasteiger partial charge in [-0.1, -0.05) is 48.0 Å². The molecule has 0 saturated carbocycles. The molecule has 0 aliphatic carbocycles. The van der Waals surface area contributed by atoms with E-state index in [0.29, 0.717) is 6.04 Å². The number of aromatic nitrogens is 2. The predicted molar refractivity (Wildman–Crippen MR) is 140 cm³/mol. The number of aryl methyl sites for hydroxylation is 1. The second-order valence-electron chi connectivity index (χ2n) is 9.28. The van der Waals surface area contributed by atoms with Crippen molar-refractivity contribution in [2.45, 2.75) is 26.3 Å². The summed E-state index contributed by atoms with van der Waals surface area (Å²) in [6, 6.07) is 16.4. The van der Waals surface area contributed by atoms with Gasteiger partial charge in [-0.05, 0) is 55.7 Å². The number of morpholine rings is 1. The number of likely N-dealkylation sites (tertiary alicyclic amines) is 1. The van der Waals surface area contributed by atoms with Gasteiger partial charge in [-0.2, -0.15) is 5.10 Å². The third-order valence-electron chi connectivity index (χ3n) is 6.97. The average molecular weight is 491 g/mol. The summed E-state index contributed by atoms with van der Waals surface area (Å²) in [6.07, 6.45) is 5.14. The van der Waals surface area contributed by atoms with Crippen LogP contribution in [-0.2, 0) is 4.74 Å². The summed E-state index contributed by atoms with van der Waals surface area (Å²) in [5, 5.41) is 5.48. The standard InChI is InChI=1S/C28H31ClN4O2/c1-20-27(28(34)32-13-12-26(19-32)31-14-16-35-17-15-31)21(2)33(30-20)25-5-3-4-23(18-25)7-6-22-8-10-24(29)11-9-22/h3-11,18,26H,12-17,19H2,1-2H3/b7-6+. The Bertz CT molecular complexity index is 1230. The Morgan fingerprint density at radius 3 is 2.54 bits per heavy atom. The molecule has 2 aliphatic rings. The fourth-order valence-corrected chi connectivity index (χ4v) is 5.18. The van der Waals surface area contributed by atoms with Gasteiger partial charge in [0.25, 0.3) is 5.91 Å². The molecule has 182 valence electrons. The maximum absolute atomic E-state index is 13.5. The van der Waals surface area contributed by atoms with Crippen molar-refractivity contribution in [2.24, 2.45) is 0 Å². The van der Waals surface area contributed by atoms with Crippen LogP contribution in [0.15, 0.2) is 48.5 Å². The molecular weight excluding hydrogens is 460 g/mol. The molecule has 0 spiro atoms. The highest BCUT2D eigenvalue weighted by Crippen LogP contribution is 2.24. The lowest BCUT2D eigenvalue weighted by Gasteiger charge is -2.32. The highest BCUT2D eigenvalue weighted by molar-refractivity contribution is 6.30. The van der Waals surface area contributed by atoms with Crippen LogP contribution < -0.4 is 0 Å². The van der Waals surface area contributed by atoms with Crippen LogP contribution >= 0.6 is 11.6 Å². The molecule has 3 aromatic rings. The van der Waals surface area contributed by atoms with Crippen molar-refractivity contribution >= 4 is 29.7 Å². The molecule has 2 fully saturated rings. The first kappa shape index (κ1) is 23.8. The molecule has 1 aromatic heterocycles. The van der Waals surface area contributed by atoms with Crippen LogP contribution in [0.2, 0.25) is 5.02 Å². The number of carbonyl (C=O) groups is 1. The molecule has 6 nitrogen and oxygen atoms in total. The van der Waals surface area contributed by atoms with E-state index in [1.807, 2.05) is 59.8 Å². The lowest BCUT2D eigenvalue weighted by Crippen LogP contribution is -2.45. The van der Waals surface area contributed by atoms with E-state index in [9.17, 15) is 4.79 Å². The quantitative estimate of drug-likeness (QED) is 0.479. The van der Waals surface area contributed by atoms with E-state index in [1.165, 1.54) is 0 Å². The van der Waals surface area contributed by atoms with Gasteiger partial charge in [-0.15, -0.1) is 0 Å². The minimum absolute atomic E-state index is 0.0841. The van der Waals surface area contributed by atoms with E-state index < -0.39 is 0 Å². The first-order valence-corrected chi connectivity index (χ1v) is 12.6. The molecule has 1 unspecified atom stereocenters. The van der Waals surface area contributed by atoms with Gasteiger partial charge < -0.3 is 9.64 Å². The van der Waals surface area contributed by atoms with E-state index in [0.717, 1.165) is 84.6 Å². The lowest BCUT2D eigenvalue weighted by molar-refractivity contribution is 0.0185. The summed E-state index contributed by atoms with van der Waals surface area (Å²) < 4.78 is 7.37. The number of carbonyl (C=O) groups excluding carboxylic acids is 1. The topological polar surface area (TPSA) is 50.6 Å². The Hall–Kier alpha value is -2.93. The number of ether oxygens (including phenoxy) is 1. The smallest absolute Gasteiger partial charge is 0.257 e. The van der Waals surface area contributed by atoms with E-state index >= 15 is 0 Å². The van der Waals surface area contributed by atoms with Crippen molar-refractivity contribution in [3.8, 4) is 5.69 Å². The van der Waals surface area contributed by atoms with Gasteiger partial charge >= 0.3 is 0 Å². The number of nitrogens with zero attached hydrogens (tertiary/aromatic N) is 4. The average Bonchev–Trinajstić information content (AvgIpc) is 3.49. The van der Waals surface area contributed by atoms with Crippen molar-refractivity contribution in [3.05, 3.63) is 81.6 Å². The predicted octanol–water partition coefficient (Wildman–Crippen LogP) is 4.86. The van der Waals surface area contributed by atoms with Gasteiger partial charge in [0.15, 0.2) is 0 Å². The Morgan fingerprint density at radius 2 is 1.77 bits per heavy atom. The summed E-state index contributed by atoms with van der Waals surface area (Å²) in [7, 11) is 0. The van der Waals surface area contributed by atoms with Crippen LogP contribution in [0.25, 0.3) is 17.8 Å². The number of hydrogen-bond donors (Lipinski definition) is 0. The van der Waals surface area contributed by atoms with Crippen molar-refractivity contribution in [1.29, 1.82) is 0 Å². The van der Waals surface area contributed by atoms with Crippen LogP contribution in [0.5, 0.6) is 0 Å². The fourth-order valence-electron chi connectivity index (χ4n) is 5.06. The Labute approximate surface area is 211 Å². The largest absolute Gasteiger partial charge is 0.379 e. The molecule has 1 amide bonds. The van der Waals surface area contributed by atoms with Gasteiger partial charge in [0.05, 0.1) is 35.9 Å². The lowest BCUT2D eigenvalue weighted by atomic mass is 10.1. The summed E-state index contributed by atoms with van der Waals surface area (Å²) in [4.78, 5) is 18.0. The fraction of sp³-hybridized carbons (Fsp3) is 0.357. The second-order valence-corrected chi connectivity index (χ2v) is 9.72. The van der Waals surface area contributed by atoms with E-state index in [1.54, 1.807) is 0 Å². The van der Waals surface area contributed by atoms with Crippen LogP contribution in [0.4, 0.5) is 0 Å². The molecule has 2 aliphatic heterocycles. The van der Waals surface area contributed by atoms with Crippen LogP contribution in [0, 0.1) is 13.8 Å². The van der Waals surface area contributed by atoms with Crippen molar-refractivity contribution in [1.82, 2.24) is 19.6 Å². The van der Waals surface area contributed by atoms with Crippen molar-refractivity contribution in [3.63, 3.8) is 0 Å². The Balaban J connectivity index is 1.33. The summed E-state index contributed by atoms with van der Waals surface area (Å²) >= 11 is 5.99. The molecule has 0 radical (unpaired) electrons. The molecule has 7 heteroatoms. The van der Waals surface area contributed by atoms with E-state index in [2.05, 4.69) is 29.2 Å². The minimum atomic E-state index is 0.0841. The van der Waals surface area contributed by atoms with Crippen molar-refractivity contribution < 1.29 is 9.53 Å². The molecule has 3 heterocycles. The maximum atomic E-state index is 13.5. The zero-order valence-corrected chi connectivity index (χ0v) is 21.0. The van der Waals surface area contributed by atoms with Gasteiger partial charge in [-0.3, -0.25) is 9.69 Å². The third-order valence-corrected chi connectivity index (χ3v) is 7.22. The molecular formula is C28H31ClN4O2. The molecule has 2 saturated heterocycles. The van der Waals surface area contributed by atoms with Crippen LogP contribution in [0.3, 0.4) is 0 Å². The van der Waals surface area contributed by atoms with E-state index in [-0.39, 0.29) is 5.91 Å². The first-order valence-electron chi connectivity index (χ1n) is 12.2. The van der Waals surface area contributed by atoms with Gasteiger partial charge in [0, 0.05) is 37.2 Å². The van der Waals surface area contributed by atoms with Crippen LogP contribution in [-0.4, -0.2) is 70.9 Å². The molecule has 5 rings (SSSR count). The maximum Gasteiger partial charge on any atom is 0.257 e. The number of rotatable bonds is 5. The van der Waals surface area contributed by atoms with Gasteiger partial charge in [0.2, 0.25) is 0 Å². The van der Waals surface area contributed by atoms with Crippen molar-refractivity contribution in [2.75, 3.05) is 39.4 Å². The SMILES string of the molecule is Cc1nn(-c2cccc(/C=C/c3ccc(Cl)cc3)c2)c(C)c1C(=O)N1CCC(N2CCOCC2)C1. The zero-order chi connectivity index (χ0) is 24.4. The number of hydrogen-bond acceptors (Lipinski definition) is 4. The highest BCUT2D eigenvalue weighted by atomic mass is 35.5. The summed E-state index contributed by atoms with van der Waals surface area (Å²) in [5.74, 6) is 0.0841. The number of halogens is 1. The summed E-state index contributed by atoms with van der Waals surface area (Å²) in [5.41, 5.74) is 5.45. The number of benzene rings is 2. The highest BCUT2D eigenvalue weighted by Gasteiger charge is 2.33. The monoisotopic (exact) mass is 490 g/mol. The first-order chi connectivity index (χ1) is 17.0. The number of amides is 1. The van der Waals surface area contributed by atoms with Crippen LogP contribution in [0.1, 0.15) is 39.3 Å². The zero-order valence-electron chi connectivity index (χ0n) is 20.3. The summed E-state index contributed by atoms with van der Waals surface area (Å²) in [6.45, 7) is 8.93. The molecule has 1 atom stereocenters.